The van der Waals surface area contributed by atoms with Crippen molar-refractivity contribution < 1.29 is 22.7 Å². The van der Waals surface area contributed by atoms with E-state index in [9.17, 15) is 18.0 Å². The van der Waals surface area contributed by atoms with Gasteiger partial charge in [0.1, 0.15) is 18.3 Å². The zero-order valence-electron chi connectivity index (χ0n) is 24.5. The molecule has 0 saturated carbocycles. The summed E-state index contributed by atoms with van der Waals surface area (Å²) in [5, 5.41) is 3.38. The number of nitrogens with zero attached hydrogens (tertiary/aromatic N) is 2. The van der Waals surface area contributed by atoms with Crippen LogP contribution >= 0.6 is 23.2 Å². The van der Waals surface area contributed by atoms with Crippen LogP contribution in [0.5, 0.6) is 5.75 Å². The largest absolute Gasteiger partial charge is 0.497 e. The molecule has 0 aromatic heterocycles. The maximum absolute atomic E-state index is 14.4. The summed E-state index contributed by atoms with van der Waals surface area (Å²) in [4.78, 5) is 29.1. The number of hydrogen-bond donors (Lipinski definition) is 1. The molecule has 4 aromatic carbocycles. The maximum atomic E-state index is 14.4. The van der Waals surface area contributed by atoms with Crippen LogP contribution in [-0.2, 0) is 32.6 Å². The number of halogens is 2. The third-order valence-corrected chi connectivity index (χ3v) is 9.48. The molecule has 44 heavy (non-hydrogen) atoms. The molecule has 0 radical (unpaired) electrons. The highest BCUT2D eigenvalue weighted by Crippen LogP contribution is 2.29. The molecule has 0 aliphatic carbocycles. The van der Waals surface area contributed by atoms with Gasteiger partial charge in [-0.1, -0.05) is 83.4 Å². The number of carbonyl (C=O) groups is 2. The van der Waals surface area contributed by atoms with Gasteiger partial charge in [-0.15, -0.1) is 0 Å². The van der Waals surface area contributed by atoms with Gasteiger partial charge in [-0.3, -0.25) is 13.9 Å². The highest BCUT2D eigenvalue weighted by atomic mass is 35.5. The molecule has 0 saturated heterocycles. The molecule has 1 N–H and O–H groups in total. The Balaban J connectivity index is 1.82. The second-order valence-corrected chi connectivity index (χ2v) is 12.8. The van der Waals surface area contributed by atoms with Crippen molar-refractivity contribution in [1.29, 1.82) is 0 Å². The van der Waals surface area contributed by atoms with Crippen molar-refractivity contribution in [2.75, 3.05) is 25.0 Å². The van der Waals surface area contributed by atoms with Crippen LogP contribution in [-0.4, -0.2) is 51.9 Å². The zero-order valence-corrected chi connectivity index (χ0v) is 26.9. The molecular formula is C33H33Cl2N3O5S. The molecule has 8 nitrogen and oxygen atoms in total. The zero-order chi connectivity index (χ0) is 31.9. The normalized spacial score (nSPS) is 11.8. The van der Waals surface area contributed by atoms with Crippen molar-refractivity contribution >= 4 is 50.7 Å². The lowest BCUT2D eigenvalue weighted by Crippen LogP contribution is -2.53. The van der Waals surface area contributed by atoms with Crippen LogP contribution in [0.1, 0.15) is 16.7 Å². The van der Waals surface area contributed by atoms with Gasteiger partial charge in [0, 0.05) is 36.1 Å². The number of sulfonamides is 1. The summed E-state index contributed by atoms with van der Waals surface area (Å²) >= 11 is 12.6. The van der Waals surface area contributed by atoms with Crippen molar-refractivity contribution in [3.8, 4) is 5.75 Å². The summed E-state index contributed by atoms with van der Waals surface area (Å²) < 4.78 is 34.6. The number of ether oxygens (including phenoxy) is 1. The Morgan fingerprint density at radius 3 is 2.25 bits per heavy atom. The van der Waals surface area contributed by atoms with E-state index in [-0.39, 0.29) is 23.5 Å². The highest BCUT2D eigenvalue weighted by Gasteiger charge is 2.34. The average Bonchev–Trinajstić information content (AvgIpc) is 3.02. The number of hydrogen-bond acceptors (Lipinski definition) is 5. The third kappa shape index (κ3) is 7.91. The number of amides is 2. The second-order valence-electron chi connectivity index (χ2n) is 10.1. The van der Waals surface area contributed by atoms with Crippen LogP contribution < -0.4 is 14.4 Å². The fourth-order valence-corrected chi connectivity index (χ4v) is 6.56. The molecule has 0 fully saturated rings. The molecule has 1 atom stereocenters. The Kier molecular flexibility index (Phi) is 10.9. The summed E-state index contributed by atoms with van der Waals surface area (Å²) in [5.41, 5.74) is 2.47. The van der Waals surface area contributed by atoms with E-state index in [1.165, 1.54) is 31.2 Å². The van der Waals surface area contributed by atoms with E-state index in [1.54, 1.807) is 54.6 Å². The van der Waals surface area contributed by atoms with Gasteiger partial charge in [0.2, 0.25) is 11.8 Å². The molecule has 4 aromatic rings. The summed E-state index contributed by atoms with van der Waals surface area (Å²) in [6.45, 7) is 1.18. The molecule has 0 heterocycles. The SMILES string of the molecule is CNC(=O)C(Cc1ccccc1)N(Cc1ccc(Cl)cc1Cl)C(=O)CN(c1cccc(OC)c1)S(=O)(=O)c1ccc(C)cc1. The second kappa shape index (κ2) is 14.6. The first-order valence-corrected chi connectivity index (χ1v) is 16.0. The summed E-state index contributed by atoms with van der Waals surface area (Å²) in [6, 6.07) is 26.0. The van der Waals surface area contributed by atoms with Crippen molar-refractivity contribution in [3.63, 3.8) is 0 Å². The lowest BCUT2D eigenvalue weighted by atomic mass is 10.0. The molecule has 2 amide bonds. The minimum absolute atomic E-state index is 0.0122. The number of anilines is 1. The topological polar surface area (TPSA) is 96.0 Å². The first-order valence-electron chi connectivity index (χ1n) is 13.8. The molecule has 1 unspecified atom stereocenters. The molecular weight excluding hydrogens is 621 g/mol. The molecule has 0 bridgehead atoms. The van der Waals surface area contributed by atoms with Crippen LogP contribution in [0, 0.1) is 6.92 Å². The van der Waals surface area contributed by atoms with E-state index in [1.807, 2.05) is 37.3 Å². The summed E-state index contributed by atoms with van der Waals surface area (Å²) in [5.74, 6) is -0.614. The number of aryl methyl sites for hydroxylation is 1. The van der Waals surface area contributed by atoms with Gasteiger partial charge in [0.15, 0.2) is 0 Å². The van der Waals surface area contributed by atoms with E-state index in [2.05, 4.69) is 5.32 Å². The van der Waals surface area contributed by atoms with Gasteiger partial charge < -0.3 is 15.0 Å². The molecule has 4 rings (SSSR count). The summed E-state index contributed by atoms with van der Waals surface area (Å²) in [6.07, 6.45) is 0.182. The Morgan fingerprint density at radius 1 is 0.909 bits per heavy atom. The fourth-order valence-electron chi connectivity index (χ4n) is 4.69. The minimum atomic E-state index is -4.24. The lowest BCUT2D eigenvalue weighted by Gasteiger charge is -2.33. The molecule has 0 spiro atoms. The van der Waals surface area contributed by atoms with Crippen LogP contribution in [0.25, 0.3) is 0 Å². The number of carbonyl (C=O) groups excluding carboxylic acids is 2. The van der Waals surface area contributed by atoms with E-state index >= 15 is 0 Å². The first-order chi connectivity index (χ1) is 21.0. The number of benzene rings is 4. The number of rotatable bonds is 12. The van der Waals surface area contributed by atoms with Crippen molar-refractivity contribution in [2.45, 2.75) is 30.8 Å². The van der Waals surface area contributed by atoms with Crippen LogP contribution in [0.2, 0.25) is 10.0 Å². The van der Waals surface area contributed by atoms with Gasteiger partial charge in [0.25, 0.3) is 10.0 Å². The molecule has 11 heteroatoms. The van der Waals surface area contributed by atoms with Crippen molar-refractivity contribution in [2.24, 2.45) is 0 Å². The Bertz CT molecular complexity index is 1720. The van der Waals surface area contributed by atoms with Crippen LogP contribution in [0.3, 0.4) is 0 Å². The molecule has 0 aliphatic heterocycles. The smallest absolute Gasteiger partial charge is 0.264 e. The van der Waals surface area contributed by atoms with Crippen molar-refractivity contribution in [1.82, 2.24) is 10.2 Å². The molecule has 0 aliphatic rings. The van der Waals surface area contributed by atoms with E-state index in [4.69, 9.17) is 27.9 Å². The van der Waals surface area contributed by atoms with Gasteiger partial charge in [-0.2, -0.15) is 0 Å². The van der Waals surface area contributed by atoms with Gasteiger partial charge in [-0.25, -0.2) is 8.42 Å². The van der Waals surface area contributed by atoms with Crippen LogP contribution in [0.4, 0.5) is 5.69 Å². The third-order valence-electron chi connectivity index (χ3n) is 7.10. The molecule has 230 valence electrons. The quantitative estimate of drug-likeness (QED) is 0.206. The van der Waals surface area contributed by atoms with E-state index in [0.29, 0.717) is 21.4 Å². The standard InChI is InChI=1S/C33H33Cl2N3O5S/c1-23-12-16-29(17-13-23)44(41,42)38(27-10-7-11-28(20-27)43-3)22-32(39)37(21-25-14-15-26(34)19-30(25)35)31(33(40)36-2)18-24-8-5-4-6-9-24/h4-17,19-20,31H,18,21-22H2,1-3H3,(H,36,40). The fraction of sp³-hybridized carbons (Fsp3) is 0.212. The van der Waals surface area contributed by atoms with Gasteiger partial charge >= 0.3 is 0 Å². The maximum Gasteiger partial charge on any atom is 0.264 e. The monoisotopic (exact) mass is 653 g/mol. The Labute approximate surface area is 268 Å². The predicted molar refractivity (Wildman–Crippen MR) is 174 cm³/mol. The Morgan fingerprint density at radius 2 is 1.61 bits per heavy atom. The predicted octanol–water partition coefficient (Wildman–Crippen LogP) is 5.89. The lowest BCUT2D eigenvalue weighted by molar-refractivity contribution is -0.139. The number of methoxy groups -OCH3 is 1. The van der Waals surface area contributed by atoms with Gasteiger partial charge in [0.05, 0.1) is 17.7 Å². The van der Waals surface area contributed by atoms with Gasteiger partial charge in [-0.05, 0) is 54.4 Å². The number of nitrogens with one attached hydrogen (secondary N) is 1. The van der Waals surface area contributed by atoms with Crippen molar-refractivity contribution in [3.05, 3.63) is 124 Å². The van der Waals surface area contributed by atoms with E-state index < -0.39 is 34.4 Å². The first kappa shape index (κ1) is 32.9. The van der Waals surface area contributed by atoms with E-state index in [0.717, 1.165) is 15.4 Å². The highest BCUT2D eigenvalue weighted by molar-refractivity contribution is 7.92. The number of likely N-dealkylation sites (N-methyl/N-ethyl adjacent to an activating group) is 1. The average molecular weight is 655 g/mol. The van der Waals surface area contributed by atoms with Crippen LogP contribution in [0.15, 0.2) is 102 Å². The minimum Gasteiger partial charge on any atom is -0.497 e. The Hall–Kier alpha value is -4.05. The summed E-state index contributed by atoms with van der Waals surface area (Å²) in [7, 11) is -1.28.